The number of nitrogens with zero attached hydrogens (tertiary/aromatic N) is 2. The van der Waals surface area contributed by atoms with Crippen molar-refractivity contribution in [2.24, 2.45) is 0 Å². The summed E-state index contributed by atoms with van der Waals surface area (Å²) >= 11 is 0. The van der Waals surface area contributed by atoms with Crippen LogP contribution in [0.2, 0.25) is 0 Å². The number of anilines is 1. The number of fused-ring (bicyclic) bond motifs is 1. The van der Waals surface area contributed by atoms with Crippen LogP contribution in [0, 0.1) is 0 Å². The molecule has 0 spiro atoms. The van der Waals surface area contributed by atoms with Gasteiger partial charge in [-0.1, -0.05) is 30.3 Å². The first-order chi connectivity index (χ1) is 11.6. The predicted molar refractivity (Wildman–Crippen MR) is 96.4 cm³/mol. The average Bonchev–Trinajstić information content (AvgIpc) is 3.05. The van der Waals surface area contributed by atoms with Gasteiger partial charge >= 0.3 is 0 Å². The van der Waals surface area contributed by atoms with Gasteiger partial charge in [0.05, 0.1) is 13.2 Å². The average molecular weight is 324 g/mol. The molecule has 0 aliphatic carbocycles. The SMILES string of the molecule is COc1ccc(CN(C)[C@H](C)C(=O)N2CCc3ccccc32)cc1. The number of hydrogen-bond acceptors (Lipinski definition) is 3. The van der Waals surface area contributed by atoms with Gasteiger partial charge in [0, 0.05) is 18.8 Å². The van der Waals surface area contributed by atoms with E-state index in [1.165, 1.54) is 11.1 Å². The molecule has 4 nitrogen and oxygen atoms in total. The lowest BCUT2D eigenvalue weighted by Crippen LogP contribution is -2.44. The Kier molecular flexibility index (Phi) is 4.86. The van der Waals surface area contributed by atoms with Crippen LogP contribution in [0.3, 0.4) is 0 Å². The lowest BCUT2D eigenvalue weighted by molar-refractivity contribution is -0.122. The summed E-state index contributed by atoms with van der Waals surface area (Å²) in [5.41, 5.74) is 3.49. The van der Waals surface area contributed by atoms with Crippen molar-refractivity contribution in [2.75, 3.05) is 25.6 Å². The van der Waals surface area contributed by atoms with Crippen molar-refractivity contribution in [2.45, 2.75) is 25.9 Å². The van der Waals surface area contributed by atoms with E-state index in [1.807, 2.05) is 61.3 Å². The molecule has 0 fully saturated rings. The molecule has 0 saturated heterocycles. The fraction of sp³-hybridized carbons (Fsp3) is 0.350. The quantitative estimate of drug-likeness (QED) is 0.847. The van der Waals surface area contributed by atoms with Gasteiger partial charge in [-0.05, 0) is 49.7 Å². The van der Waals surface area contributed by atoms with E-state index in [4.69, 9.17) is 4.74 Å². The Hall–Kier alpha value is -2.33. The molecule has 2 aromatic carbocycles. The smallest absolute Gasteiger partial charge is 0.244 e. The molecule has 0 unspecified atom stereocenters. The van der Waals surface area contributed by atoms with E-state index in [2.05, 4.69) is 11.0 Å². The zero-order chi connectivity index (χ0) is 17.1. The number of rotatable bonds is 5. The Morgan fingerprint density at radius 1 is 1.21 bits per heavy atom. The first-order valence-electron chi connectivity index (χ1n) is 8.32. The lowest BCUT2D eigenvalue weighted by atomic mass is 10.1. The first-order valence-corrected chi connectivity index (χ1v) is 8.32. The predicted octanol–water partition coefficient (Wildman–Crippen LogP) is 3.10. The molecule has 4 heteroatoms. The zero-order valence-electron chi connectivity index (χ0n) is 14.5. The number of carbonyl (C=O) groups is 1. The molecule has 1 aliphatic rings. The summed E-state index contributed by atoms with van der Waals surface area (Å²) in [6, 6.07) is 16.0. The van der Waals surface area contributed by atoms with Gasteiger partial charge in [0.25, 0.3) is 0 Å². The molecule has 1 atom stereocenters. The molecule has 1 aliphatic heterocycles. The third-order valence-electron chi connectivity index (χ3n) is 4.76. The van der Waals surface area contributed by atoms with E-state index < -0.39 is 0 Å². The molecule has 0 bridgehead atoms. The van der Waals surface area contributed by atoms with Crippen LogP contribution in [0.5, 0.6) is 5.75 Å². The zero-order valence-corrected chi connectivity index (χ0v) is 14.5. The largest absolute Gasteiger partial charge is 0.497 e. The summed E-state index contributed by atoms with van der Waals surface area (Å²) in [4.78, 5) is 16.9. The second-order valence-corrected chi connectivity index (χ2v) is 6.31. The molecule has 24 heavy (non-hydrogen) atoms. The third-order valence-corrected chi connectivity index (χ3v) is 4.76. The normalized spacial score (nSPS) is 14.6. The number of hydrogen-bond donors (Lipinski definition) is 0. The number of amides is 1. The minimum absolute atomic E-state index is 0.163. The highest BCUT2D eigenvalue weighted by Gasteiger charge is 2.29. The topological polar surface area (TPSA) is 32.8 Å². The van der Waals surface area contributed by atoms with Crippen molar-refractivity contribution >= 4 is 11.6 Å². The van der Waals surface area contributed by atoms with Crippen molar-refractivity contribution < 1.29 is 9.53 Å². The fourth-order valence-corrected chi connectivity index (χ4v) is 3.14. The van der Waals surface area contributed by atoms with Gasteiger partial charge in [0.1, 0.15) is 5.75 Å². The van der Waals surface area contributed by atoms with Gasteiger partial charge in [-0.3, -0.25) is 9.69 Å². The van der Waals surface area contributed by atoms with Crippen molar-refractivity contribution in [1.29, 1.82) is 0 Å². The monoisotopic (exact) mass is 324 g/mol. The summed E-state index contributed by atoms with van der Waals surface area (Å²) in [6.07, 6.45) is 0.941. The van der Waals surface area contributed by atoms with Crippen LogP contribution >= 0.6 is 0 Å². The van der Waals surface area contributed by atoms with E-state index in [0.717, 1.165) is 30.9 Å². The summed E-state index contributed by atoms with van der Waals surface area (Å²) in [6.45, 7) is 3.48. The summed E-state index contributed by atoms with van der Waals surface area (Å²) in [7, 11) is 3.66. The molecular weight excluding hydrogens is 300 g/mol. The van der Waals surface area contributed by atoms with Gasteiger partial charge in [0.2, 0.25) is 5.91 Å². The number of para-hydroxylation sites is 1. The van der Waals surface area contributed by atoms with Crippen LogP contribution in [0.15, 0.2) is 48.5 Å². The van der Waals surface area contributed by atoms with E-state index in [1.54, 1.807) is 7.11 Å². The number of methoxy groups -OCH3 is 1. The van der Waals surface area contributed by atoms with Gasteiger partial charge in [0.15, 0.2) is 0 Å². The van der Waals surface area contributed by atoms with Crippen LogP contribution in [-0.2, 0) is 17.8 Å². The molecule has 1 amide bonds. The Balaban J connectivity index is 1.67. The molecule has 3 rings (SSSR count). The van der Waals surface area contributed by atoms with E-state index >= 15 is 0 Å². The van der Waals surface area contributed by atoms with Crippen LogP contribution < -0.4 is 9.64 Å². The molecule has 0 N–H and O–H groups in total. The maximum Gasteiger partial charge on any atom is 0.244 e. The van der Waals surface area contributed by atoms with E-state index in [-0.39, 0.29) is 11.9 Å². The second kappa shape index (κ2) is 7.05. The van der Waals surface area contributed by atoms with E-state index in [0.29, 0.717) is 0 Å². The van der Waals surface area contributed by atoms with Crippen molar-refractivity contribution in [3.05, 3.63) is 59.7 Å². The molecule has 0 aromatic heterocycles. The maximum atomic E-state index is 12.9. The number of ether oxygens (including phenoxy) is 1. The number of benzene rings is 2. The van der Waals surface area contributed by atoms with Crippen molar-refractivity contribution in [3.8, 4) is 5.75 Å². The number of likely N-dealkylation sites (N-methyl/N-ethyl adjacent to an activating group) is 1. The standard InChI is InChI=1S/C20H24N2O2/c1-15(21(2)14-16-8-10-18(24-3)11-9-16)20(23)22-13-12-17-6-4-5-7-19(17)22/h4-11,15H,12-14H2,1-3H3/t15-/m1/s1. The molecule has 2 aromatic rings. The van der Waals surface area contributed by atoms with Crippen molar-refractivity contribution in [3.63, 3.8) is 0 Å². The summed E-state index contributed by atoms with van der Waals surface area (Å²) in [5, 5.41) is 0. The van der Waals surface area contributed by atoms with Crippen LogP contribution in [0.1, 0.15) is 18.1 Å². The highest BCUT2D eigenvalue weighted by Crippen LogP contribution is 2.28. The van der Waals surface area contributed by atoms with Gasteiger partial charge < -0.3 is 9.64 Å². The van der Waals surface area contributed by atoms with Gasteiger partial charge in [-0.25, -0.2) is 0 Å². The van der Waals surface area contributed by atoms with Crippen LogP contribution in [0.25, 0.3) is 0 Å². The summed E-state index contributed by atoms with van der Waals surface area (Å²) in [5.74, 6) is 1.01. The Bertz CT molecular complexity index is 712. The Labute approximate surface area is 143 Å². The lowest BCUT2D eigenvalue weighted by Gasteiger charge is -2.28. The molecule has 0 radical (unpaired) electrons. The highest BCUT2D eigenvalue weighted by atomic mass is 16.5. The third kappa shape index (κ3) is 3.29. The molecule has 126 valence electrons. The van der Waals surface area contributed by atoms with Gasteiger partial charge in [-0.2, -0.15) is 0 Å². The van der Waals surface area contributed by atoms with Crippen LogP contribution in [0.4, 0.5) is 5.69 Å². The fourth-order valence-electron chi connectivity index (χ4n) is 3.14. The number of carbonyl (C=O) groups excluding carboxylic acids is 1. The van der Waals surface area contributed by atoms with Crippen molar-refractivity contribution in [1.82, 2.24) is 4.90 Å². The van der Waals surface area contributed by atoms with Gasteiger partial charge in [-0.15, -0.1) is 0 Å². The van der Waals surface area contributed by atoms with Crippen LogP contribution in [-0.4, -0.2) is 37.6 Å². The molecular formula is C20H24N2O2. The minimum atomic E-state index is -0.168. The maximum absolute atomic E-state index is 12.9. The summed E-state index contributed by atoms with van der Waals surface area (Å²) < 4.78 is 5.19. The first kappa shape index (κ1) is 16.5. The molecule has 0 saturated carbocycles. The molecule has 1 heterocycles. The Morgan fingerprint density at radius 3 is 2.62 bits per heavy atom. The minimum Gasteiger partial charge on any atom is -0.497 e. The Morgan fingerprint density at radius 2 is 1.92 bits per heavy atom. The highest BCUT2D eigenvalue weighted by molar-refractivity contribution is 5.98. The second-order valence-electron chi connectivity index (χ2n) is 6.31. The van der Waals surface area contributed by atoms with E-state index in [9.17, 15) is 4.79 Å².